The van der Waals surface area contributed by atoms with Gasteiger partial charge in [0.15, 0.2) is 0 Å². The Labute approximate surface area is 122 Å². The zero-order valence-corrected chi connectivity index (χ0v) is 12.6. The number of hydrogen-bond donors (Lipinski definition) is 2. The van der Waals surface area contributed by atoms with E-state index >= 15 is 0 Å². The highest BCUT2D eigenvalue weighted by Crippen LogP contribution is 2.25. The summed E-state index contributed by atoms with van der Waals surface area (Å²) in [5, 5.41) is 7.38. The molecule has 1 aromatic heterocycles. The number of carbonyl (C=O) groups is 1. The second-order valence-corrected chi connectivity index (χ2v) is 6.69. The Morgan fingerprint density at radius 1 is 1.50 bits per heavy atom. The first-order chi connectivity index (χ1) is 9.63. The van der Waals surface area contributed by atoms with Crippen LogP contribution in [0.1, 0.15) is 24.8 Å². The van der Waals surface area contributed by atoms with Crippen molar-refractivity contribution < 1.29 is 4.79 Å². The molecule has 0 bridgehead atoms. The average molecular weight is 289 g/mol. The van der Waals surface area contributed by atoms with Crippen LogP contribution in [0.4, 0.5) is 5.69 Å². The third-order valence-electron chi connectivity index (χ3n) is 3.81. The van der Waals surface area contributed by atoms with E-state index < -0.39 is 0 Å². The molecule has 0 aliphatic carbocycles. The second-order valence-electron chi connectivity index (χ2n) is 5.46. The standard InChI is InChI=1S/C15H19N3OS/c1-9-4-3-7-16-14(9)15(19)18-11-5-6-12-13(8-11)20-10(2)17-12/h5-6,8-9,14,16H,3-4,7H2,1-2H3,(H,18,19). The van der Waals surface area contributed by atoms with E-state index in [0.717, 1.165) is 40.3 Å². The molecule has 2 N–H and O–H groups in total. The topological polar surface area (TPSA) is 54.0 Å². The Hall–Kier alpha value is -1.46. The van der Waals surface area contributed by atoms with Gasteiger partial charge in [0.05, 0.1) is 21.3 Å². The predicted molar refractivity (Wildman–Crippen MR) is 83.2 cm³/mol. The van der Waals surface area contributed by atoms with Gasteiger partial charge in [0.25, 0.3) is 0 Å². The van der Waals surface area contributed by atoms with E-state index in [1.165, 1.54) is 0 Å². The van der Waals surface area contributed by atoms with E-state index in [2.05, 4.69) is 22.5 Å². The lowest BCUT2D eigenvalue weighted by Gasteiger charge is -2.28. The van der Waals surface area contributed by atoms with E-state index in [1.54, 1.807) is 11.3 Å². The summed E-state index contributed by atoms with van der Waals surface area (Å²) >= 11 is 1.65. The Balaban J connectivity index is 1.76. The van der Waals surface area contributed by atoms with Gasteiger partial charge in [-0.25, -0.2) is 4.98 Å². The molecule has 2 unspecified atom stereocenters. The molecule has 1 aliphatic rings. The van der Waals surface area contributed by atoms with Crippen molar-refractivity contribution >= 4 is 33.1 Å². The fourth-order valence-electron chi connectivity index (χ4n) is 2.74. The number of aryl methyl sites for hydroxylation is 1. The summed E-state index contributed by atoms with van der Waals surface area (Å²) < 4.78 is 1.12. The molecule has 1 aliphatic heterocycles. The van der Waals surface area contributed by atoms with Crippen molar-refractivity contribution in [3.8, 4) is 0 Å². The fraction of sp³-hybridized carbons (Fsp3) is 0.467. The van der Waals surface area contributed by atoms with Crippen LogP contribution in [0.2, 0.25) is 0 Å². The summed E-state index contributed by atoms with van der Waals surface area (Å²) in [6.07, 6.45) is 2.26. The van der Waals surface area contributed by atoms with Crippen LogP contribution in [0.15, 0.2) is 18.2 Å². The second kappa shape index (κ2) is 5.50. The number of carbonyl (C=O) groups excluding carboxylic acids is 1. The molecule has 1 aromatic carbocycles. The fourth-order valence-corrected chi connectivity index (χ4v) is 3.60. The number of rotatable bonds is 2. The quantitative estimate of drug-likeness (QED) is 0.893. The normalized spacial score (nSPS) is 22.9. The molecule has 2 heterocycles. The lowest BCUT2D eigenvalue weighted by molar-refractivity contribution is -0.119. The lowest BCUT2D eigenvalue weighted by Crippen LogP contribution is -2.48. The molecule has 1 fully saturated rings. The number of nitrogens with zero attached hydrogens (tertiary/aromatic N) is 1. The summed E-state index contributed by atoms with van der Waals surface area (Å²) in [4.78, 5) is 16.8. The molecule has 0 saturated carbocycles. The summed E-state index contributed by atoms with van der Waals surface area (Å²) in [6, 6.07) is 5.81. The third-order valence-corrected chi connectivity index (χ3v) is 4.75. The van der Waals surface area contributed by atoms with Crippen LogP contribution in [0.3, 0.4) is 0 Å². The predicted octanol–water partition coefficient (Wildman–Crippen LogP) is 2.93. The van der Waals surface area contributed by atoms with Crippen LogP contribution < -0.4 is 10.6 Å². The van der Waals surface area contributed by atoms with Gasteiger partial charge in [-0.2, -0.15) is 0 Å². The third kappa shape index (κ3) is 2.69. The van der Waals surface area contributed by atoms with E-state index in [-0.39, 0.29) is 11.9 Å². The number of nitrogens with one attached hydrogen (secondary N) is 2. The van der Waals surface area contributed by atoms with Crippen molar-refractivity contribution in [1.82, 2.24) is 10.3 Å². The van der Waals surface area contributed by atoms with Gasteiger partial charge in [0.2, 0.25) is 5.91 Å². The molecule has 4 nitrogen and oxygen atoms in total. The van der Waals surface area contributed by atoms with Crippen LogP contribution in [-0.4, -0.2) is 23.5 Å². The minimum Gasteiger partial charge on any atom is -0.325 e. The zero-order valence-electron chi connectivity index (χ0n) is 11.8. The highest BCUT2D eigenvalue weighted by Gasteiger charge is 2.27. The van der Waals surface area contributed by atoms with Gasteiger partial charge in [-0.05, 0) is 50.4 Å². The van der Waals surface area contributed by atoms with Crippen molar-refractivity contribution in [2.24, 2.45) is 5.92 Å². The zero-order chi connectivity index (χ0) is 14.1. The smallest absolute Gasteiger partial charge is 0.241 e. The first kappa shape index (κ1) is 13.5. The lowest BCUT2D eigenvalue weighted by atomic mass is 9.92. The molecule has 20 heavy (non-hydrogen) atoms. The van der Waals surface area contributed by atoms with Crippen molar-refractivity contribution in [3.05, 3.63) is 23.2 Å². The van der Waals surface area contributed by atoms with Crippen LogP contribution >= 0.6 is 11.3 Å². The minimum atomic E-state index is -0.0809. The monoisotopic (exact) mass is 289 g/mol. The highest BCUT2D eigenvalue weighted by molar-refractivity contribution is 7.18. The van der Waals surface area contributed by atoms with Crippen LogP contribution in [-0.2, 0) is 4.79 Å². The maximum Gasteiger partial charge on any atom is 0.241 e. The van der Waals surface area contributed by atoms with Crippen LogP contribution in [0.5, 0.6) is 0 Å². The number of fused-ring (bicyclic) bond motifs is 1. The van der Waals surface area contributed by atoms with E-state index in [4.69, 9.17) is 0 Å². The Morgan fingerprint density at radius 2 is 2.35 bits per heavy atom. The maximum atomic E-state index is 12.3. The minimum absolute atomic E-state index is 0.0674. The first-order valence-corrected chi connectivity index (χ1v) is 7.86. The van der Waals surface area contributed by atoms with Crippen molar-refractivity contribution in [2.75, 3.05) is 11.9 Å². The number of benzene rings is 1. The number of amides is 1. The van der Waals surface area contributed by atoms with Gasteiger partial charge in [0, 0.05) is 5.69 Å². The average Bonchev–Trinajstić information content (AvgIpc) is 2.78. The van der Waals surface area contributed by atoms with Gasteiger partial charge in [-0.3, -0.25) is 4.79 Å². The summed E-state index contributed by atoms with van der Waals surface area (Å²) in [5.74, 6) is 0.455. The van der Waals surface area contributed by atoms with Gasteiger partial charge < -0.3 is 10.6 Å². The number of aromatic nitrogens is 1. The molecule has 3 rings (SSSR count). The maximum absolute atomic E-state index is 12.3. The van der Waals surface area contributed by atoms with E-state index in [0.29, 0.717) is 5.92 Å². The molecular formula is C15H19N3OS. The van der Waals surface area contributed by atoms with Gasteiger partial charge >= 0.3 is 0 Å². The van der Waals surface area contributed by atoms with E-state index in [9.17, 15) is 4.79 Å². The van der Waals surface area contributed by atoms with Crippen molar-refractivity contribution in [3.63, 3.8) is 0 Å². The Kier molecular flexibility index (Phi) is 3.72. The molecule has 1 amide bonds. The number of hydrogen-bond acceptors (Lipinski definition) is 4. The van der Waals surface area contributed by atoms with Gasteiger partial charge in [0.1, 0.15) is 0 Å². The molecule has 0 spiro atoms. The molecule has 1 saturated heterocycles. The Morgan fingerprint density at radius 3 is 3.15 bits per heavy atom. The first-order valence-electron chi connectivity index (χ1n) is 7.05. The molecule has 2 aromatic rings. The summed E-state index contributed by atoms with van der Waals surface area (Å²) in [5.41, 5.74) is 1.85. The highest BCUT2D eigenvalue weighted by atomic mass is 32.1. The van der Waals surface area contributed by atoms with E-state index in [1.807, 2.05) is 25.1 Å². The summed E-state index contributed by atoms with van der Waals surface area (Å²) in [6.45, 7) is 5.05. The molecular weight excluding hydrogens is 270 g/mol. The van der Waals surface area contributed by atoms with Gasteiger partial charge in [-0.15, -0.1) is 11.3 Å². The number of thiazole rings is 1. The molecule has 5 heteroatoms. The molecule has 0 radical (unpaired) electrons. The number of piperidine rings is 1. The summed E-state index contributed by atoms with van der Waals surface area (Å²) in [7, 11) is 0. The number of anilines is 1. The Bertz CT molecular complexity index is 637. The largest absolute Gasteiger partial charge is 0.325 e. The molecule has 2 atom stereocenters. The van der Waals surface area contributed by atoms with Crippen LogP contribution in [0.25, 0.3) is 10.2 Å². The molecule has 106 valence electrons. The van der Waals surface area contributed by atoms with Crippen molar-refractivity contribution in [2.45, 2.75) is 32.7 Å². The SMILES string of the molecule is Cc1nc2ccc(NC(=O)C3NCCCC3C)cc2s1. The van der Waals surface area contributed by atoms with Crippen molar-refractivity contribution in [1.29, 1.82) is 0 Å². The van der Waals surface area contributed by atoms with Gasteiger partial charge in [-0.1, -0.05) is 6.92 Å². The van der Waals surface area contributed by atoms with Crippen LogP contribution in [0, 0.1) is 12.8 Å².